The van der Waals surface area contributed by atoms with Crippen molar-refractivity contribution in [3.8, 4) is 0 Å². The number of allylic oxidation sites excluding steroid dienone is 1. The molecular weight excluding hydrogens is 425 g/mol. The molecule has 2 amide bonds. The maximum Gasteiger partial charge on any atom is 0.274 e. The predicted octanol–water partition coefficient (Wildman–Crippen LogP) is 4.33. The summed E-state index contributed by atoms with van der Waals surface area (Å²) in [5.41, 5.74) is 5.42. The number of rotatable bonds is 9. The van der Waals surface area contributed by atoms with Gasteiger partial charge in [0.1, 0.15) is 11.5 Å². The molecule has 8 heteroatoms. The third kappa shape index (κ3) is 6.08. The molecule has 0 saturated carbocycles. The maximum absolute atomic E-state index is 13.5. The molecule has 0 radical (unpaired) electrons. The van der Waals surface area contributed by atoms with E-state index in [2.05, 4.69) is 10.6 Å². The van der Waals surface area contributed by atoms with E-state index in [1.54, 1.807) is 54.4 Å². The van der Waals surface area contributed by atoms with Crippen LogP contribution in [-0.2, 0) is 11.3 Å². The van der Waals surface area contributed by atoms with Gasteiger partial charge in [-0.3, -0.25) is 14.8 Å². The number of amides is 2. The number of halogens is 1. The molecule has 0 aliphatic rings. The zero-order valence-corrected chi connectivity index (χ0v) is 18.4. The lowest BCUT2D eigenvalue weighted by Gasteiger charge is -2.21. The Labute approximate surface area is 191 Å². The van der Waals surface area contributed by atoms with Crippen LogP contribution in [0.25, 0.3) is 5.57 Å². The second-order valence-corrected chi connectivity index (χ2v) is 7.46. The minimum atomic E-state index is -0.611. The summed E-state index contributed by atoms with van der Waals surface area (Å²) in [4.78, 5) is 24.7. The Kier molecular flexibility index (Phi) is 7.99. The molecule has 7 nitrogen and oxygen atoms in total. The zero-order valence-electron chi connectivity index (χ0n) is 18.4. The Morgan fingerprint density at radius 1 is 1.03 bits per heavy atom. The molecule has 0 aliphatic carbocycles. The third-order valence-electron chi connectivity index (χ3n) is 5.25. The molecule has 172 valence electrons. The minimum absolute atomic E-state index is 0.206. The van der Waals surface area contributed by atoms with Gasteiger partial charge in [-0.15, -0.1) is 0 Å². The molecule has 0 bridgehead atoms. The van der Waals surface area contributed by atoms with Gasteiger partial charge < -0.3 is 15.1 Å². The maximum atomic E-state index is 13.5. The average molecular weight is 451 g/mol. The van der Waals surface area contributed by atoms with Gasteiger partial charge in [-0.2, -0.15) is 0 Å². The molecule has 3 aromatic rings. The molecule has 1 heterocycles. The number of nitrogens with one attached hydrogen (secondary N) is 3. The Bertz CT molecular complexity index is 1110. The number of furan rings is 1. The van der Waals surface area contributed by atoms with Gasteiger partial charge in [0.25, 0.3) is 11.8 Å². The largest absolute Gasteiger partial charge is 0.472 e. The van der Waals surface area contributed by atoms with E-state index in [0.29, 0.717) is 17.7 Å². The monoisotopic (exact) mass is 451 g/mol. The molecule has 3 rings (SSSR count). The van der Waals surface area contributed by atoms with E-state index < -0.39 is 5.91 Å². The first-order valence-electron chi connectivity index (χ1n) is 10.5. The van der Waals surface area contributed by atoms with Crippen molar-refractivity contribution >= 4 is 17.4 Å². The van der Waals surface area contributed by atoms with E-state index in [1.165, 1.54) is 12.1 Å². The number of benzene rings is 2. The molecule has 33 heavy (non-hydrogen) atoms. The first-order valence-corrected chi connectivity index (χ1v) is 10.5. The van der Waals surface area contributed by atoms with Crippen LogP contribution in [0.2, 0.25) is 0 Å². The van der Waals surface area contributed by atoms with Gasteiger partial charge in [0.2, 0.25) is 0 Å². The lowest BCUT2D eigenvalue weighted by Crippen LogP contribution is -2.33. The van der Waals surface area contributed by atoms with Gasteiger partial charge in [0, 0.05) is 17.7 Å². The molecule has 0 aliphatic heterocycles. The number of hydrogen-bond acceptors (Lipinski definition) is 5. The van der Waals surface area contributed by atoms with Crippen molar-refractivity contribution in [1.29, 1.82) is 0 Å². The van der Waals surface area contributed by atoms with E-state index >= 15 is 0 Å². The van der Waals surface area contributed by atoms with Crippen molar-refractivity contribution in [3.05, 3.63) is 101 Å². The van der Waals surface area contributed by atoms with Gasteiger partial charge in [0.05, 0.1) is 18.6 Å². The van der Waals surface area contributed by atoms with Crippen LogP contribution in [0.4, 0.5) is 4.39 Å². The van der Waals surface area contributed by atoms with Crippen LogP contribution in [0.15, 0.2) is 77.2 Å². The number of hydrogen-bond donors (Lipinski definition) is 4. The van der Waals surface area contributed by atoms with Crippen LogP contribution in [-0.4, -0.2) is 17.0 Å². The van der Waals surface area contributed by atoms with Crippen molar-refractivity contribution in [2.24, 2.45) is 0 Å². The fourth-order valence-electron chi connectivity index (χ4n) is 3.40. The van der Waals surface area contributed by atoms with Crippen LogP contribution >= 0.6 is 0 Å². The molecule has 2 aromatic carbocycles. The topological polar surface area (TPSA) is 104 Å². The summed E-state index contributed by atoms with van der Waals surface area (Å²) >= 11 is 0. The van der Waals surface area contributed by atoms with E-state index in [1.807, 2.05) is 19.9 Å². The first-order chi connectivity index (χ1) is 15.9. The summed E-state index contributed by atoms with van der Waals surface area (Å²) in [5.74, 6) is -1.28. The van der Waals surface area contributed by atoms with Crippen molar-refractivity contribution in [2.75, 3.05) is 0 Å². The Balaban J connectivity index is 1.85. The van der Waals surface area contributed by atoms with E-state index in [4.69, 9.17) is 9.62 Å². The van der Waals surface area contributed by atoms with E-state index in [9.17, 15) is 14.0 Å². The smallest absolute Gasteiger partial charge is 0.274 e. The Morgan fingerprint density at radius 3 is 2.27 bits per heavy atom. The highest BCUT2D eigenvalue weighted by molar-refractivity contribution is 6.00. The summed E-state index contributed by atoms with van der Waals surface area (Å²) in [6.45, 7) is 4.08. The normalized spacial score (nSPS) is 12.5. The summed E-state index contributed by atoms with van der Waals surface area (Å²) in [6.07, 6.45) is 3.73. The lowest BCUT2D eigenvalue weighted by molar-refractivity contribution is -0.118. The summed E-state index contributed by atoms with van der Waals surface area (Å²) in [6, 6.07) is 14.1. The van der Waals surface area contributed by atoms with Crippen molar-refractivity contribution in [1.82, 2.24) is 16.1 Å². The molecule has 1 atom stereocenters. The highest BCUT2D eigenvalue weighted by Crippen LogP contribution is 2.24. The molecule has 0 fully saturated rings. The second kappa shape index (κ2) is 11.1. The van der Waals surface area contributed by atoms with Crippen LogP contribution < -0.4 is 16.1 Å². The highest BCUT2D eigenvalue weighted by Gasteiger charge is 2.19. The Morgan fingerprint density at radius 2 is 1.70 bits per heavy atom. The van der Waals surface area contributed by atoms with Crippen LogP contribution in [0.5, 0.6) is 0 Å². The summed E-state index contributed by atoms with van der Waals surface area (Å²) in [5, 5.41) is 14.9. The number of carbonyl (C=O) groups is 2. The summed E-state index contributed by atoms with van der Waals surface area (Å²) < 4.78 is 18.6. The highest BCUT2D eigenvalue weighted by atomic mass is 19.1. The second-order valence-electron chi connectivity index (χ2n) is 7.46. The fourth-order valence-corrected chi connectivity index (χ4v) is 3.40. The van der Waals surface area contributed by atoms with Gasteiger partial charge in [-0.05, 0) is 60.4 Å². The summed E-state index contributed by atoms with van der Waals surface area (Å²) in [7, 11) is 0. The van der Waals surface area contributed by atoms with Gasteiger partial charge >= 0.3 is 0 Å². The number of hydroxylamine groups is 1. The fraction of sp³-hybridized carbons (Fsp3) is 0.200. The van der Waals surface area contributed by atoms with Crippen LogP contribution in [0, 0.1) is 5.82 Å². The van der Waals surface area contributed by atoms with Gasteiger partial charge in [0.15, 0.2) is 0 Å². The standard InChI is InChI=1S/C25H26FN3O4/c1-3-22(18-8-10-21(26)11-9-18)23(28-16(2)20-12-13-33-15-20)25(31)27-14-17-4-6-19(7-5-17)24(30)29-32/h4-13,15-16,28,32H,3,14H2,1-2H3,(H,27,31)(H,29,30)/b23-22+. The molecule has 0 saturated heterocycles. The Hall–Kier alpha value is -3.91. The van der Waals surface area contributed by atoms with Crippen LogP contribution in [0.1, 0.15) is 53.4 Å². The first kappa shape index (κ1) is 23.7. The van der Waals surface area contributed by atoms with Crippen molar-refractivity contribution in [2.45, 2.75) is 32.9 Å². The van der Waals surface area contributed by atoms with Gasteiger partial charge in [-0.1, -0.05) is 31.2 Å². The molecular formula is C25H26FN3O4. The van der Waals surface area contributed by atoms with E-state index in [-0.39, 0.29) is 24.3 Å². The predicted molar refractivity (Wildman–Crippen MR) is 121 cm³/mol. The van der Waals surface area contributed by atoms with Crippen LogP contribution in [0.3, 0.4) is 0 Å². The zero-order chi connectivity index (χ0) is 23.8. The SMILES string of the molecule is CC/C(=C(\NC(C)c1ccoc1)C(=O)NCc1ccc(C(=O)NO)cc1)c1ccc(F)cc1. The molecule has 1 aromatic heterocycles. The number of carbonyl (C=O) groups excluding carboxylic acids is 2. The lowest BCUT2D eigenvalue weighted by atomic mass is 9.99. The van der Waals surface area contributed by atoms with Crippen molar-refractivity contribution in [3.63, 3.8) is 0 Å². The molecule has 0 spiro atoms. The average Bonchev–Trinajstić information content (AvgIpc) is 3.38. The van der Waals surface area contributed by atoms with Crippen molar-refractivity contribution < 1.29 is 23.6 Å². The third-order valence-corrected chi connectivity index (χ3v) is 5.25. The minimum Gasteiger partial charge on any atom is -0.472 e. The molecule has 4 N–H and O–H groups in total. The molecule has 1 unspecified atom stereocenters. The quantitative estimate of drug-likeness (QED) is 0.220. The van der Waals surface area contributed by atoms with Gasteiger partial charge in [-0.25, -0.2) is 9.87 Å². The van der Waals surface area contributed by atoms with E-state index in [0.717, 1.165) is 22.3 Å².